The second-order valence-electron chi connectivity index (χ2n) is 11.5. The summed E-state index contributed by atoms with van der Waals surface area (Å²) in [4.78, 5) is 32.6. The molecule has 0 bridgehead atoms. The van der Waals surface area contributed by atoms with E-state index in [4.69, 9.17) is 9.72 Å². The van der Waals surface area contributed by atoms with Crippen LogP contribution in [0.15, 0.2) is 42.6 Å². The average Bonchev–Trinajstić information content (AvgIpc) is 3.51. The van der Waals surface area contributed by atoms with Crippen molar-refractivity contribution in [2.45, 2.75) is 37.6 Å². The Kier molecular flexibility index (Phi) is 6.37. The maximum Gasteiger partial charge on any atom is 0.319 e. The van der Waals surface area contributed by atoms with Crippen LogP contribution in [0.1, 0.15) is 32.1 Å². The predicted molar refractivity (Wildman–Crippen MR) is 155 cm³/mol. The molecule has 4 aromatic rings. The zero-order chi connectivity index (χ0) is 28.1. The van der Waals surface area contributed by atoms with Crippen LogP contribution in [-0.4, -0.2) is 87.7 Å². The summed E-state index contributed by atoms with van der Waals surface area (Å²) >= 11 is 0. The molecule has 3 aliphatic heterocycles. The van der Waals surface area contributed by atoms with E-state index < -0.39 is 5.82 Å². The predicted octanol–water partition coefficient (Wildman–Crippen LogP) is 4.37. The number of amides is 1. The van der Waals surface area contributed by atoms with Crippen molar-refractivity contribution in [3.8, 4) is 23.0 Å². The van der Waals surface area contributed by atoms with Gasteiger partial charge in [0.2, 0.25) is 5.91 Å². The van der Waals surface area contributed by atoms with Gasteiger partial charge in [-0.05, 0) is 61.7 Å². The summed E-state index contributed by atoms with van der Waals surface area (Å²) in [6.07, 6.45) is 6.35. The minimum atomic E-state index is -0.601. The second kappa shape index (κ2) is 10.1. The van der Waals surface area contributed by atoms with Crippen LogP contribution in [0.25, 0.3) is 32.9 Å². The number of anilines is 1. The quantitative estimate of drug-likeness (QED) is 0.388. The zero-order valence-corrected chi connectivity index (χ0v) is 23.1. The number of hydrogen-bond acceptors (Lipinski definition) is 8. The molecule has 0 saturated carbocycles. The summed E-state index contributed by atoms with van der Waals surface area (Å²) in [5, 5.41) is 12.4. The van der Waals surface area contributed by atoms with E-state index in [9.17, 15) is 9.90 Å². The molecule has 1 amide bonds. The van der Waals surface area contributed by atoms with Crippen molar-refractivity contribution >= 4 is 33.4 Å². The topological polar surface area (TPSA) is 94.9 Å². The van der Waals surface area contributed by atoms with Crippen molar-refractivity contribution in [2.24, 2.45) is 0 Å². The lowest BCUT2D eigenvalue weighted by atomic mass is 9.95. The summed E-state index contributed by atoms with van der Waals surface area (Å²) in [6, 6.07) is 10.8. The summed E-state index contributed by atoms with van der Waals surface area (Å²) in [5.74, 6) is 0.00402. The number of carbonyl (C=O) groups excluding carboxylic acids is 1. The van der Waals surface area contributed by atoms with Crippen LogP contribution in [0.2, 0.25) is 0 Å². The van der Waals surface area contributed by atoms with Crippen molar-refractivity contribution in [3.05, 3.63) is 48.4 Å². The zero-order valence-electron chi connectivity index (χ0n) is 23.1. The molecule has 0 spiro atoms. The maximum atomic E-state index is 16.5. The highest BCUT2D eigenvalue weighted by Crippen LogP contribution is 2.40. The van der Waals surface area contributed by atoms with E-state index in [1.165, 1.54) is 6.07 Å². The van der Waals surface area contributed by atoms with Crippen LogP contribution in [0, 0.1) is 5.82 Å². The van der Waals surface area contributed by atoms with Crippen LogP contribution in [-0.2, 0) is 4.79 Å². The second-order valence-corrected chi connectivity index (χ2v) is 11.5. The number of benzene rings is 2. The molecule has 0 aliphatic carbocycles. The Morgan fingerprint density at radius 2 is 1.83 bits per heavy atom. The van der Waals surface area contributed by atoms with E-state index in [1.54, 1.807) is 24.2 Å². The summed E-state index contributed by atoms with van der Waals surface area (Å²) in [6.45, 7) is 4.13. The Morgan fingerprint density at radius 3 is 2.66 bits per heavy atom. The molecular weight excluding hydrogens is 523 g/mol. The van der Waals surface area contributed by atoms with E-state index in [2.05, 4.69) is 14.9 Å². The molecule has 0 radical (unpaired) electrons. The van der Waals surface area contributed by atoms with Crippen molar-refractivity contribution in [2.75, 3.05) is 51.3 Å². The lowest BCUT2D eigenvalue weighted by Crippen LogP contribution is -2.43. The number of rotatable bonds is 5. The first-order valence-electron chi connectivity index (χ1n) is 14.4. The van der Waals surface area contributed by atoms with Gasteiger partial charge < -0.3 is 19.6 Å². The minimum Gasteiger partial charge on any atom is -0.508 e. The van der Waals surface area contributed by atoms with Gasteiger partial charge in [0, 0.05) is 44.9 Å². The van der Waals surface area contributed by atoms with Crippen LogP contribution < -0.4 is 9.64 Å². The van der Waals surface area contributed by atoms with Gasteiger partial charge in [-0.15, -0.1) is 0 Å². The molecule has 0 atom stereocenters. The van der Waals surface area contributed by atoms with Gasteiger partial charge in [-0.2, -0.15) is 9.97 Å². The van der Waals surface area contributed by atoms with Crippen molar-refractivity contribution in [3.63, 3.8) is 0 Å². The van der Waals surface area contributed by atoms with Crippen LogP contribution in [0.5, 0.6) is 11.8 Å². The Hall–Kier alpha value is -4.05. The molecule has 0 unspecified atom stereocenters. The number of ether oxygens (including phenoxy) is 1. The third-order valence-corrected chi connectivity index (χ3v) is 9.05. The molecule has 2 aromatic carbocycles. The third kappa shape index (κ3) is 4.50. The summed E-state index contributed by atoms with van der Waals surface area (Å²) in [5.41, 5.74) is 0.676. The number of halogens is 1. The van der Waals surface area contributed by atoms with E-state index in [-0.39, 0.29) is 34.4 Å². The standard InChI is InChI=1S/C31H33FN6O3/c1-36-14-15-37(13-8-25(36)40)29-24-18-33-27(23-17-21(39)16-20-6-2-3-7-22(20)23)26(32)28(24)34-30(35-29)41-19-31-9-4-11-38(31)12-5-10-31/h2-3,6-7,16-18,39H,4-5,8-15,19H2,1H3. The van der Waals surface area contributed by atoms with Crippen molar-refractivity contribution in [1.82, 2.24) is 24.8 Å². The number of hydrogen-bond donors (Lipinski definition) is 1. The minimum absolute atomic E-state index is 0.0152. The molecule has 5 heterocycles. The van der Waals surface area contributed by atoms with Gasteiger partial charge >= 0.3 is 6.01 Å². The Balaban J connectivity index is 1.35. The first kappa shape index (κ1) is 25.9. The molecule has 41 heavy (non-hydrogen) atoms. The molecule has 3 fully saturated rings. The monoisotopic (exact) mass is 556 g/mol. The molecule has 3 aliphatic rings. The molecule has 3 saturated heterocycles. The molecule has 212 valence electrons. The molecule has 9 nitrogen and oxygen atoms in total. The fraction of sp³-hybridized carbons (Fsp3) is 0.419. The smallest absolute Gasteiger partial charge is 0.319 e. The Labute approximate surface area is 237 Å². The number of phenolic OH excluding ortho intramolecular Hbond substituents is 1. The largest absolute Gasteiger partial charge is 0.508 e. The molecule has 2 aromatic heterocycles. The number of likely N-dealkylation sites (N-methyl/N-ethyl adjacent to an activating group) is 1. The fourth-order valence-corrected chi connectivity index (χ4v) is 6.81. The molecule has 10 heteroatoms. The average molecular weight is 557 g/mol. The van der Waals surface area contributed by atoms with E-state index in [0.29, 0.717) is 49.4 Å². The highest BCUT2D eigenvalue weighted by Gasteiger charge is 2.45. The van der Waals surface area contributed by atoms with Gasteiger partial charge in [0.1, 0.15) is 29.4 Å². The normalized spacial score (nSPS) is 19.2. The number of aromatic hydroxyl groups is 1. The number of fused-ring (bicyclic) bond motifs is 3. The van der Waals surface area contributed by atoms with Crippen LogP contribution in [0.4, 0.5) is 10.2 Å². The lowest BCUT2D eigenvalue weighted by Gasteiger charge is -2.31. The van der Waals surface area contributed by atoms with Crippen LogP contribution >= 0.6 is 0 Å². The molecule has 7 rings (SSSR count). The van der Waals surface area contributed by atoms with Gasteiger partial charge in [-0.25, -0.2) is 4.39 Å². The van der Waals surface area contributed by atoms with Crippen molar-refractivity contribution < 1.29 is 19.0 Å². The number of phenols is 1. The highest BCUT2D eigenvalue weighted by atomic mass is 19.1. The Morgan fingerprint density at radius 1 is 1.02 bits per heavy atom. The molecule has 1 N–H and O–H groups in total. The SMILES string of the molecule is CN1CCN(c2nc(OCC34CCCN3CCC4)nc3c(F)c(-c4cc(O)cc5ccccc45)ncc23)CCC1=O. The summed E-state index contributed by atoms with van der Waals surface area (Å²) < 4.78 is 22.8. The number of aromatic nitrogens is 3. The number of carbonyl (C=O) groups is 1. The van der Waals surface area contributed by atoms with E-state index >= 15 is 4.39 Å². The van der Waals surface area contributed by atoms with Gasteiger partial charge in [0.15, 0.2) is 5.82 Å². The van der Waals surface area contributed by atoms with Crippen LogP contribution in [0.3, 0.4) is 0 Å². The first-order chi connectivity index (χ1) is 19.9. The fourth-order valence-electron chi connectivity index (χ4n) is 6.81. The van der Waals surface area contributed by atoms with Gasteiger partial charge in [0.25, 0.3) is 0 Å². The number of nitrogens with zero attached hydrogens (tertiary/aromatic N) is 6. The Bertz CT molecular complexity index is 1650. The van der Waals surface area contributed by atoms with Gasteiger partial charge in [-0.1, -0.05) is 24.3 Å². The molecular formula is C31H33FN6O3. The van der Waals surface area contributed by atoms with E-state index in [0.717, 1.165) is 49.5 Å². The van der Waals surface area contributed by atoms with Crippen molar-refractivity contribution in [1.29, 1.82) is 0 Å². The van der Waals surface area contributed by atoms with Gasteiger partial charge in [0.05, 0.1) is 10.9 Å². The number of pyridine rings is 1. The highest BCUT2D eigenvalue weighted by molar-refractivity contribution is 6.00. The maximum absolute atomic E-state index is 16.5. The first-order valence-corrected chi connectivity index (χ1v) is 14.4. The van der Waals surface area contributed by atoms with Gasteiger partial charge in [-0.3, -0.25) is 14.7 Å². The summed E-state index contributed by atoms with van der Waals surface area (Å²) in [7, 11) is 1.79. The lowest BCUT2D eigenvalue weighted by molar-refractivity contribution is -0.129. The third-order valence-electron chi connectivity index (χ3n) is 9.05. The van der Waals surface area contributed by atoms with E-state index in [1.807, 2.05) is 29.2 Å².